The fraction of sp³-hybridized carbons (Fsp3) is 0.316. The zero-order valence-corrected chi connectivity index (χ0v) is 16.1. The highest BCUT2D eigenvalue weighted by atomic mass is 32.1. The zero-order chi connectivity index (χ0) is 19.1. The largest absolute Gasteiger partial charge is 0.490 e. The molecule has 2 rings (SSSR count). The van der Waals surface area contributed by atoms with E-state index in [-0.39, 0.29) is 11.7 Å². The average molecular weight is 374 g/mol. The molecular formula is C19H22N2O4S. The zero-order valence-electron chi connectivity index (χ0n) is 15.3. The minimum atomic E-state index is -0.319. The molecule has 1 N–H and O–H groups in total. The van der Waals surface area contributed by atoms with Crippen LogP contribution in [0.25, 0.3) is 6.08 Å². The maximum absolute atomic E-state index is 12.1. The van der Waals surface area contributed by atoms with E-state index in [4.69, 9.17) is 9.47 Å². The number of ketones is 1. The molecule has 0 bridgehead atoms. The lowest BCUT2D eigenvalue weighted by molar-refractivity contribution is -0.111. The van der Waals surface area contributed by atoms with E-state index in [2.05, 4.69) is 10.3 Å². The lowest BCUT2D eigenvalue weighted by Crippen LogP contribution is -2.07. The van der Waals surface area contributed by atoms with Crippen LogP contribution in [0.2, 0.25) is 0 Å². The third kappa shape index (κ3) is 5.16. The Morgan fingerprint density at radius 1 is 1.19 bits per heavy atom. The van der Waals surface area contributed by atoms with Crippen LogP contribution in [0.1, 0.15) is 41.7 Å². The molecule has 0 unspecified atom stereocenters. The Kier molecular flexibility index (Phi) is 6.91. The number of hydrogen-bond acceptors (Lipinski definition) is 6. The topological polar surface area (TPSA) is 77.5 Å². The van der Waals surface area contributed by atoms with Crippen molar-refractivity contribution < 1.29 is 19.1 Å². The molecule has 26 heavy (non-hydrogen) atoms. The Bertz CT molecular complexity index is 827. The van der Waals surface area contributed by atoms with Gasteiger partial charge >= 0.3 is 0 Å². The number of aromatic nitrogens is 1. The first kappa shape index (κ1) is 19.7. The van der Waals surface area contributed by atoms with Crippen molar-refractivity contribution in [2.45, 2.75) is 27.7 Å². The van der Waals surface area contributed by atoms with E-state index in [1.807, 2.05) is 32.0 Å². The summed E-state index contributed by atoms with van der Waals surface area (Å²) in [6, 6.07) is 5.48. The van der Waals surface area contributed by atoms with Crippen molar-refractivity contribution in [3.05, 3.63) is 40.4 Å². The van der Waals surface area contributed by atoms with Crippen LogP contribution >= 0.6 is 11.3 Å². The molecule has 0 aliphatic rings. The lowest BCUT2D eigenvalue weighted by Gasteiger charge is -2.11. The number of thiazole rings is 1. The molecule has 7 heteroatoms. The molecule has 1 aromatic heterocycles. The number of nitrogens with one attached hydrogen (secondary N) is 1. The highest BCUT2D eigenvalue weighted by Gasteiger charge is 2.12. The SMILES string of the molecule is CCOc1ccc(C=CC(=O)Nc2nc(C)c(C(C)=O)s2)cc1OCC. The molecule has 0 aliphatic carbocycles. The van der Waals surface area contributed by atoms with Gasteiger partial charge in [0.05, 0.1) is 23.8 Å². The van der Waals surface area contributed by atoms with Gasteiger partial charge in [0.1, 0.15) is 0 Å². The van der Waals surface area contributed by atoms with Gasteiger partial charge in [-0.2, -0.15) is 0 Å². The number of carbonyl (C=O) groups excluding carboxylic acids is 2. The van der Waals surface area contributed by atoms with Crippen molar-refractivity contribution in [2.75, 3.05) is 18.5 Å². The van der Waals surface area contributed by atoms with E-state index >= 15 is 0 Å². The van der Waals surface area contributed by atoms with Crippen LogP contribution in [-0.4, -0.2) is 29.9 Å². The highest BCUT2D eigenvalue weighted by molar-refractivity contribution is 7.17. The first-order valence-electron chi connectivity index (χ1n) is 8.31. The van der Waals surface area contributed by atoms with E-state index in [0.29, 0.717) is 40.4 Å². The van der Waals surface area contributed by atoms with Crippen molar-refractivity contribution in [1.82, 2.24) is 4.98 Å². The maximum Gasteiger partial charge on any atom is 0.250 e. The van der Waals surface area contributed by atoms with Crippen molar-refractivity contribution in [3.63, 3.8) is 0 Å². The Morgan fingerprint density at radius 2 is 1.88 bits per heavy atom. The molecule has 0 spiro atoms. The number of aryl methyl sites for hydroxylation is 1. The summed E-state index contributed by atoms with van der Waals surface area (Å²) >= 11 is 1.17. The van der Waals surface area contributed by atoms with E-state index in [0.717, 1.165) is 5.56 Å². The third-order valence-electron chi connectivity index (χ3n) is 3.34. The molecule has 0 fully saturated rings. The number of carbonyl (C=O) groups is 2. The van der Waals surface area contributed by atoms with Crippen molar-refractivity contribution in [3.8, 4) is 11.5 Å². The van der Waals surface area contributed by atoms with Gasteiger partial charge in [-0.3, -0.25) is 14.9 Å². The van der Waals surface area contributed by atoms with Gasteiger partial charge in [-0.25, -0.2) is 4.98 Å². The minimum absolute atomic E-state index is 0.0612. The molecule has 0 aliphatic heterocycles. The molecular weight excluding hydrogens is 352 g/mol. The van der Waals surface area contributed by atoms with Gasteiger partial charge in [0, 0.05) is 13.0 Å². The van der Waals surface area contributed by atoms with Gasteiger partial charge in [-0.15, -0.1) is 0 Å². The predicted octanol–water partition coefficient (Wildman–Crippen LogP) is 4.10. The first-order chi connectivity index (χ1) is 12.4. The second kappa shape index (κ2) is 9.15. The average Bonchev–Trinajstić information content (AvgIpc) is 2.96. The summed E-state index contributed by atoms with van der Waals surface area (Å²) in [5, 5.41) is 3.08. The van der Waals surface area contributed by atoms with Crippen LogP contribution in [0.3, 0.4) is 0 Å². The number of amides is 1. The summed E-state index contributed by atoms with van der Waals surface area (Å²) < 4.78 is 11.1. The number of ether oxygens (including phenoxy) is 2. The van der Waals surface area contributed by atoms with E-state index in [9.17, 15) is 9.59 Å². The van der Waals surface area contributed by atoms with Gasteiger partial charge in [0.25, 0.3) is 0 Å². The molecule has 1 heterocycles. The molecule has 2 aromatic rings. The number of nitrogens with zero attached hydrogens (tertiary/aromatic N) is 1. The summed E-state index contributed by atoms with van der Waals surface area (Å²) in [5.74, 6) is 0.930. The number of anilines is 1. The second-order valence-corrected chi connectivity index (χ2v) is 6.38. The summed E-state index contributed by atoms with van der Waals surface area (Å²) in [7, 11) is 0. The van der Waals surface area contributed by atoms with Crippen LogP contribution in [0.15, 0.2) is 24.3 Å². The first-order valence-corrected chi connectivity index (χ1v) is 9.13. The lowest BCUT2D eigenvalue weighted by atomic mass is 10.2. The van der Waals surface area contributed by atoms with E-state index in [1.54, 1.807) is 13.0 Å². The number of rotatable bonds is 8. The second-order valence-electron chi connectivity index (χ2n) is 5.38. The fourth-order valence-electron chi connectivity index (χ4n) is 2.27. The molecule has 0 saturated heterocycles. The molecule has 0 atom stereocenters. The molecule has 0 saturated carbocycles. The standard InChI is InChI=1S/C19H22N2O4S/c1-5-24-15-9-7-14(11-16(15)25-6-2)8-10-17(23)21-19-20-12(3)18(26-19)13(4)22/h7-11H,5-6H2,1-4H3,(H,20,21,23). The summed E-state index contributed by atoms with van der Waals surface area (Å²) in [6.07, 6.45) is 3.09. The number of Topliss-reactive ketones (excluding diaryl/α,β-unsaturated/α-hetero) is 1. The normalized spacial score (nSPS) is 10.8. The molecule has 1 aromatic carbocycles. The Morgan fingerprint density at radius 3 is 2.50 bits per heavy atom. The van der Waals surface area contributed by atoms with Crippen molar-refractivity contribution >= 4 is 34.2 Å². The smallest absolute Gasteiger partial charge is 0.250 e. The van der Waals surface area contributed by atoms with Gasteiger partial charge in [0.2, 0.25) is 5.91 Å². The minimum Gasteiger partial charge on any atom is -0.490 e. The van der Waals surface area contributed by atoms with Gasteiger partial charge < -0.3 is 9.47 Å². The summed E-state index contributed by atoms with van der Waals surface area (Å²) in [6.45, 7) is 8.10. The summed E-state index contributed by atoms with van der Waals surface area (Å²) in [5.41, 5.74) is 1.43. The van der Waals surface area contributed by atoms with Crippen LogP contribution in [0.5, 0.6) is 11.5 Å². The monoisotopic (exact) mass is 374 g/mol. The molecule has 138 valence electrons. The van der Waals surface area contributed by atoms with E-state index < -0.39 is 0 Å². The van der Waals surface area contributed by atoms with Crippen LogP contribution < -0.4 is 14.8 Å². The highest BCUT2D eigenvalue weighted by Crippen LogP contribution is 2.29. The van der Waals surface area contributed by atoms with Crippen LogP contribution in [0, 0.1) is 6.92 Å². The predicted molar refractivity (Wildman–Crippen MR) is 103 cm³/mol. The van der Waals surface area contributed by atoms with Crippen molar-refractivity contribution in [2.24, 2.45) is 0 Å². The van der Waals surface area contributed by atoms with Crippen molar-refractivity contribution in [1.29, 1.82) is 0 Å². The van der Waals surface area contributed by atoms with E-state index in [1.165, 1.54) is 24.3 Å². The van der Waals surface area contributed by atoms with Crippen LogP contribution in [0.4, 0.5) is 5.13 Å². The Hall–Kier alpha value is -2.67. The van der Waals surface area contributed by atoms with Gasteiger partial charge in [-0.05, 0) is 44.5 Å². The number of hydrogen-bond donors (Lipinski definition) is 1. The van der Waals surface area contributed by atoms with Crippen LogP contribution in [-0.2, 0) is 4.79 Å². The molecule has 1 amide bonds. The Balaban J connectivity index is 2.08. The third-order valence-corrected chi connectivity index (χ3v) is 4.51. The summed E-state index contributed by atoms with van der Waals surface area (Å²) in [4.78, 5) is 28.3. The molecule has 0 radical (unpaired) electrons. The quantitative estimate of drug-likeness (QED) is 0.556. The van der Waals surface area contributed by atoms with Gasteiger partial charge in [-0.1, -0.05) is 17.4 Å². The molecule has 6 nitrogen and oxygen atoms in total. The van der Waals surface area contributed by atoms with Gasteiger partial charge in [0.15, 0.2) is 22.4 Å². The fourth-order valence-corrected chi connectivity index (χ4v) is 3.13. The Labute approximate surface area is 156 Å². The number of benzene rings is 1. The maximum atomic E-state index is 12.1.